The highest BCUT2D eigenvalue weighted by atomic mass is 16.5. The van der Waals surface area contributed by atoms with Crippen LogP contribution in [0.4, 0.5) is 5.82 Å². The number of fused-ring (bicyclic) bond motifs is 1. The second-order valence-corrected chi connectivity index (χ2v) is 5.42. The fraction of sp³-hybridized carbons (Fsp3) is 0.615. The van der Waals surface area contributed by atoms with E-state index in [1.807, 2.05) is 0 Å². The van der Waals surface area contributed by atoms with Crippen molar-refractivity contribution in [1.82, 2.24) is 24.8 Å². The first kappa shape index (κ1) is 15.1. The second-order valence-electron chi connectivity index (χ2n) is 5.42. The normalized spacial score (nSPS) is 28.5. The predicted molar refractivity (Wildman–Crippen MR) is 78.8 cm³/mol. The van der Waals surface area contributed by atoms with Gasteiger partial charge in [-0.2, -0.15) is 0 Å². The summed E-state index contributed by atoms with van der Waals surface area (Å²) in [6, 6.07) is 0. The molecule has 22 heavy (non-hydrogen) atoms. The van der Waals surface area contributed by atoms with Gasteiger partial charge in [0.1, 0.15) is 24.1 Å². The Morgan fingerprint density at radius 2 is 2.32 bits per heavy atom. The van der Waals surface area contributed by atoms with Crippen LogP contribution in [0.15, 0.2) is 12.7 Å². The maximum Gasteiger partial charge on any atom is 0.197 e. The van der Waals surface area contributed by atoms with E-state index in [2.05, 4.69) is 27.2 Å². The van der Waals surface area contributed by atoms with Crippen LogP contribution in [0.25, 0.3) is 11.2 Å². The average Bonchev–Trinajstić information content (AvgIpc) is 3.06. The third-order valence-corrected chi connectivity index (χ3v) is 3.89. The van der Waals surface area contributed by atoms with E-state index >= 15 is 0 Å². The van der Waals surface area contributed by atoms with Gasteiger partial charge in [-0.1, -0.05) is 6.92 Å². The first-order valence-electron chi connectivity index (χ1n) is 7.24. The number of imidazole rings is 1. The zero-order chi connectivity index (χ0) is 15.7. The molecular weight excluding hydrogens is 288 g/mol. The molecule has 3 unspecified atom stereocenters. The van der Waals surface area contributed by atoms with Gasteiger partial charge in [0.15, 0.2) is 17.2 Å². The largest absolute Gasteiger partial charge is 0.385 e. The van der Waals surface area contributed by atoms with E-state index < -0.39 is 17.9 Å². The highest BCUT2D eigenvalue weighted by molar-refractivity contribution is 5.81. The number of hydrogen-bond donors (Lipinski definition) is 4. The van der Waals surface area contributed by atoms with Crippen LogP contribution in [0.1, 0.15) is 13.3 Å². The summed E-state index contributed by atoms with van der Waals surface area (Å²) in [4.78, 5) is 12.1. The smallest absolute Gasteiger partial charge is 0.197 e. The molecule has 0 aliphatic carbocycles. The summed E-state index contributed by atoms with van der Waals surface area (Å²) in [5, 5.41) is 24.5. The Hall–Kier alpha value is -1.81. The number of aliphatic hydroxyl groups is 2. The molecule has 2 aromatic heterocycles. The number of hydrogen-bond acceptors (Lipinski definition) is 8. The summed E-state index contributed by atoms with van der Waals surface area (Å²) in [6.45, 7) is 3.28. The van der Waals surface area contributed by atoms with Crippen molar-refractivity contribution in [3.8, 4) is 0 Å². The van der Waals surface area contributed by atoms with Crippen LogP contribution >= 0.6 is 0 Å². The third kappa shape index (κ3) is 2.31. The number of nitrogens with two attached hydrogens (primary N) is 1. The summed E-state index contributed by atoms with van der Waals surface area (Å²) >= 11 is 0. The van der Waals surface area contributed by atoms with Crippen molar-refractivity contribution >= 4 is 17.0 Å². The SMILES string of the molecule is CCCNCC1OCC(O)(n2cnc3c(N)ncnc32)C1O. The minimum absolute atomic E-state index is 0.0536. The van der Waals surface area contributed by atoms with Gasteiger partial charge in [-0.25, -0.2) is 15.0 Å². The molecule has 0 amide bonds. The fourth-order valence-corrected chi connectivity index (χ4v) is 2.64. The van der Waals surface area contributed by atoms with Gasteiger partial charge in [0.25, 0.3) is 0 Å². The molecule has 2 aromatic rings. The fourth-order valence-electron chi connectivity index (χ4n) is 2.64. The van der Waals surface area contributed by atoms with Crippen LogP contribution in [-0.4, -0.2) is 61.6 Å². The lowest BCUT2D eigenvalue weighted by molar-refractivity contribution is -0.107. The quantitative estimate of drug-likeness (QED) is 0.507. The van der Waals surface area contributed by atoms with Crippen LogP contribution in [0.2, 0.25) is 0 Å². The number of aliphatic hydroxyl groups excluding tert-OH is 1. The molecule has 3 atom stereocenters. The van der Waals surface area contributed by atoms with E-state index in [0.29, 0.717) is 17.7 Å². The Morgan fingerprint density at radius 1 is 1.50 bits per heavy atom. The first-order chi connectivity index (χ1) is 10.6. The summed E-state index contributed by atoms with van der Waals surface area (Å²) < 4.78 is 6.94. The van der Waals surface area contributed by atoms with Crippen LogP contribution in [0, 0.1) is 0 Å². The Morgan fingerprint density at radius 3 is 3.09 bits per heavy atom. The number of anilines is 1. The summed E-state index contributed by atoms with van der Waals surface area (Å²) in [5.41, 5.74) is 4.86. The van der Waals surface area contributed by atoms with Gasteiger partial charge in [-0.3, -0.25) is 4.57 Å². The molecule has 120 valence electrons. The summed E-state index contributed by atoms with van der Waals surface area (Å²) in [6.07, 6.45) is 2.06. The molecule has 0 bridgehead atoms. The number of aromatic nitrogens is 4. The van der Waals surface area contributed by atoms with Gasteiger partial charge in [-0.05, 0) is 13.0 Å². The summed E-state index contributed by atoms with van der Waals surface area (Å²) in [5.74, 6) is 0.224. The lowest BCUT2D eigenvalue weighted by atomic mass is 10.1. The van der Waals surface area contributed by atoms with Crippen molar-refractivity contribution in [3.05, 3.63) is 12.7 Å². The van der Waals surface area contributed by atoms with Crippen molar-refractivity contribution in [2.45, 2.75) is 31.3 Å². The van der Waals surface area contributed by atoms with E-state index in [4.69, 9.17) is 10.5 Å². The van der Waals surface area contributed by atoms with Crippen LogP contribution in [0.3, 0.4) is 0 Å². The lowest BCUT2D eigenvalue weighted by Crippen LogP contribution is -2.48. The molecule has 0 saturated carbocycles. The molecule has 3 rings (SSSR count). The Kier molecular flexibility index (Phi) is 3.96. The molecule has 1 aliphatic heterocycles. The number of nitrogens with one attached hydrogen (secondary N) is 1. The second kappa shape index (κ2) is 5.76. The number of nitrogens with zero attached hydrogens (tertiary/aromatic N) is 4. The number of rotatable bonds is 5. The molecular formula is C13H20N6O3. The minimum atomic E-state index is -1.63. The molecule has 1 aliphatic rings. The Bertz CT molecular complexity index is 662. The maximum absolute atomic E-state index is 10.9. The molecule has 1 saturated heterocycles. The average molecular weight is 308 g/mol. The molecule has 0 aromatic carbocycles. The van der Waals surface area contributed by atoms with Crippen LogP contribution < -0.4 is 11.1 Å². The Balaban J connectivity index is 1.88. The van der Waals surface area contributed by atoms with Crippen molar-refractivity contribution < 1.29 is 14.9 Å². The third-order valence-electron chi connectivity index (χ3n) is 3.89. The van der Waals surface area contributed by atoms with Crippen LogP contribution in [0.5, 0.6) is 0 Å². The van der Waals surface area contributed by atoms with Crippen molar-refractivity contribution in [2.75, 3.05) is 25.4 Å². The lowest BCUT2D eigenvalue weighted by Gasteiger charge is -2.28. The predicted octanol–water partition coefficient (Wildman–Crippen LogP) is -1.19. The summed E-state index contributed by atoms with van der Waals surface area (Å²) in [7, 11) is 0. The number of nitrogen functional groups attached to an aromatic ring is 1. The van der Waals surface area contributed by atoms with Crippen molar-refractivity contribution in [3.63, 3.8) is 0 Å². The molecule has 1 fully saturated rings. The van der Waals surface area contributed by atoms with Gasteiger partial charge >= 0.3 is 0 Å². The zero-order valence-electron chi connectivity index (χ0n) is 12.3. The molecule has 5 N–H and O–H groups in total. The minimum Gasteiger partial charge on any atom is -0.385 e. The standard InChI is InChI=1S/C13H20N6O3/c1-2-3-15-4-8-10(20)13(21,5-22-8)19-7-18-9-11(14)16-6-17-12(9)19/h6-8,10,15,20-21H,2-5H2,1H3,(H2,14,16,17). The molecule has 3 heterocycles. The Labute approximate surface area is 127 Å². The topological polar surface area (TPSA) is 131 Å². The highest BCUT2D eigenvalue weighted by Crippen LogP contribution is 2.32. The van der Waals surface area contributed by atoms with Gasteiger partial charge in [-0.15, -0.1) is 0 Å². The van der Waals surface area contributed by atoms with E-state index in [1.165, 1.54) is 17.2 Å². The van der Waals surface area contributed by atoms with E-state index in [9.17, 15) is 10.2 Å². The molecule has 9 nitrogen and oxygen atoms in total. The molecule has 0 spiro atoms. The van der Waals surface area contributed by atoms with Gasteiger partial charge in [0.05, 0.1) is 12.9 Å². The van der Waals surface area contributed by atoms with E-state index in [1.54, 1.807) is 0 Å². The monoisotopic (exact) mass is 308 g/mol. The number of ether oxygens (including phenoxy) is 1. The highest BCUT2D eigenvalue weighted by Gasteiger charge is 2.50. The molecule has 0 radical (unpaired) electrons. The van der Waals surface area contributed by atoms with Gasteiger partial charge < -0.3 is 26.0 Å². The maximum atomic E-state index is 10.9. The van der Waals surface area contributed by atoms with Gasteiger partial charge in [0.2, 0.25) is 0 Å². The zero-order valence-corrected chi connectivity index (χ0v) is 12.3. The van der Waals surface area contributed by atoms with E-state index in [0.717, 1.165) is 13.0 Å². The van der Waals surface area contributed by atoms with Crippen molar-refractivity contribution in [1.29, 1.82) is 0 Å². The van der Waals surface area contributed by atoms with Gasteiger partial charge in [0, 0.05) is 6.54 Å². The van der Waals surface area contributed by atoms with E-state index in [-0.39, 0.29) is 12.4 Å². The van der Waals surface area contributed by atoms with Crippen LogP contribution in [-0.2, 0) is 10.5 Å². The first-order valence-corrected chi connectivity index (χ1v) is 7.24. The molecule has 9 heteroatoms. The van der Waals surface area contributed by atoms with Crippen molar-refractivity contribution in [2.24, 2.45) is 0 Å².